The molecule has 1 N–H and O–H groups in total. The second kappa shape index (κ2) is 5.10. The second-order valence-corrected chi connectivity index (χ2v) is 5.50. The molecule has 5 nitrogen and oxygen atoms in total. The summed E-state index contributed by atoms with van der Waals surface area (Å²) in [6.45, 7) is 0.931. The molecule has 3 aromatic rings. The average molecular weight is 337 g/mol. The number of likely N-dealkylation sites (N-methyl/N-ethyl adjacent to an activating group) is 1. The standard InChI is InChI=1S/C14H17BrN4O/c1-16-7-6-11-13(15)19-12-8-9(20-3)4-5-10(12)17-14(19)18(11)2/h4-5,8,16H,6-7H2,1-3H3. The fourth-order valence-electron chi connectivity index (χ4n) is 2.49. The van der Waals surface area contributed by atoms with Crippen molar-refractivity contribution in [3.05, 3.63) is 28.5 Å². The van der Waals surface area contributed by atoms with Crippen LogP contribution < -0.4 is 10.1 Å². The highest BCUT2D eigenvalue weighted by Gasteiger charge is 2.17. The lowest BCUT2D eigenvalue weighted by Gasteiger charge is -2.03. The molecule has 0 unspecified atom stereocenters. The maximum Gasteiger partial charge on any atom is 0.215 e. The van der Waals surface area contributed by atoms with Gasteiger partial charge in [-0.1, -0.05) is 0 Å². The fourth-order valence-corrected chi connectivity index (χ4v) is 3.30. The van der Waals surface area contributed by atoms with Crippen molar-refractivity contribution >= 4 is 32.7 Å². The van der Waals surface area contributed by atoms with Crippen LogP contribution in [0.25, 0.3) is 16.8 Å². The van der Waals surface area contributed by atoms with Crippen LogP contribution in [0.5, 0.6) is 5.75 Å². The van der Waals surface area contributed by atoms with E-state index in [4.69, 9.17) is 9.72 Å². The minimum Gasteiger partial charge on any atom is -0.497 e. The Labute approximate surface area is 125 Å². The summed E-state index contributed by atoms with van der Waals surface area (Å²) >= 11 is 3.71. The van der Waals surface area contributed by atoms with E-state index in [9.17, 15) is 0 Å². The van der Waals surface area contributed by atoms with Gasteiger partial charge < -0.3 is 14.6 Å². The topological polar surface area (TPSA) is 43.5 Å². The maximum absolute atomic E-state index is 5.31. The minimum atomic E-state index is 0.840. The lowest BCUT2D eigenvalue weighted by molar-refractivity contribution is 0.415. The number of ether oxygens (including phenoxy) is 1. The number of rotatable bonds is 4. The summed E-state index contributed by atoms with van der Waals surface area (Å²) in [7, 11) is 5.69. The first-order valence-corrected chi connectivity index (χ1v) is 7.30. The van der Waals surface area contributed by atoms with Crippen LogP contribution in [0.3, 0.4) is 0 Å². The molecule has 0 radical (unpaired) electrons. The Morgan fingerprint density at radius 1 is 1.40 bits per heavy atom. The van der Waals surface area contributed by atoms with Crippen LogP contribution in [0, 0.1) is 0 Å². The Kier molecular flexibility index (Phi) is 3.43. The van der Waals surface area contributed by atoms with Crippen molar-refractivity contribution in [2.24, 2.45) is 7.05 Å². The first-order valence-electron chi connectivity index (χ1n) is 6.51. The van der Waals surface area contributed by atoms with Crippen LogP contribution in [0.4, 0.5) is 0 Å². The van der Waals surface area contributed by atoms with E-state index in [1.54, 1.807) is 7.11 Å². The van der Waals surface area contributed by atoms with Crippen molar-refractivity contribution in [3.63, 3.8) is 0 Å². The Morgan fingerprint density at radius 3 is 2.90 bits per heavy atom. The molecule has 0 amide bonds. The molecule has 0 atom stereocenters. The molecule has 1 aromatic carbocycles. The van der Waals surface area contributed by atoms with Crippen LogP contribution in [-0.2, 0) is 13.5 Å². The van der Waals surface area contributed by atoms with Crippen LogP contribution in [-0.4, -0.2) is 34.7 Å². The number of hydrogen-bond donors (Lipinski definition) is 1. The quantitative estimate of drug-likeness (QED) is 0.795. The van der Waals surface area contributed by atoms with Crippen molar-refractivity contribution in [2.45, 2.75) is 6.42 Å². The third-order valence-corrected chi connectivity index (χ3v) is 4.41. The summed E-state index contributed by atoms with van der Waals surface area (Å²) < 4.78 is 10.6. The number of imidazole rings is 2. The predicted molar refractivity (Wildman–Crippen MR) is 83.6 cm³/mol. The van der Waals surface area contributed by atoms with Crippen LogP contribution >= 0.6 is 15.9 Å². The molecule has 0 saturated carbocycles. The Morgan fingerprint density at radius 2 is 2.20 bits per heavy atom. The molecule has 106 valence electrons. The van der Waals surface area contributed by atoms with Gasteiger partial charge in [0, 0.05) is 26.1 Å². The van der Waals surface area contributed by atoms with E-state index in [0.29, 0.717) is 0 Å². The molecule has 0 saturated heterocycles. The summed E-state index contributed by atoms with van der Waals surface area (Å²) in [5.74, 6) is 1.78. The van der Waals surface area contributed by atoms with Gasteiger partial charge in [0.15, 0.2) is 0 Å². The van der Waals surface area contributed by atoms with Crippen molar-refractivity contribution in [2.75, 3.05) is 20.7 Å². The first-order chi connectivity index (χ1) is 9.67. The van der Waals surface area contributed by atoms with Crippen LogP contribution in [0.15, 0.2) is 22.8 Å². The molecule has 6 heteroatoms. The fraction of sp³-hybridized carbons (Fsp3) is 0.357. The zero-order valence-electron chi connectivity index (χ0n) is 11.8. The molecular formula is C14H17BrN4O. The van der Waals surface area contributed by atoms with E-state index >= 15 is 0 Å². The van der Waals surface area contributed by atoms with Gasteiger partial charge in [0.2, 0.25) is 5.78 Å². The molecule has 0 aliphatic heterocycles. The molecule has 0 bridgehead atoms. The van der Waals surface area contributed by atoms with Gasteiger partial charge in [0.1, 0.15) is 10.4 Å². The number of fused-ring (bicyclic) bond motifs is 3. The van der Waals surface area contributed by atoms with E-state index < -0.39 is 0 Å². The molecular weight excluding hydrogens is 320 g/mol. The molecule has 0 spiro atoms. The van der Waals surface area contributed by atoms with Crippen LogP contribution in [0.1, 0.15) is 5.69 Å². The van der Waals surface area contributed by atoms with E-state index in [2.05, 4.69) is 30.2 Å². The summed E-state index contributed by atoms with van der Waals surface area (Å²) in [5, 5.41) is 3.18. The zero-order chi connectivity index (χ0) is 14.3. The first kappa shape index (κ1) is 13.5. The number of halogens is 1. The molecule has 3 rings (SSSR count). The number of hydrogen-bond acceptors (Lipinski definition) is 3. The van der Waals surface area contributed by atoms with Crippen molar-refractivity contribution < 1.29 is 4.74 Å². The van der Waals surface area contributed by atoms with Crippen molar-refractivity contribution in [3.8, 4) is 5.75 Å². The van der Waals surface area contributed by atoms with Crippen molar-refractivity contribution in [1.82, 2.24) is 19.3 Å². The zero-order valence-corrected chi connectivity index (χ0v) is 13.4. The van der Waals surface area contributed by atoms with Gasteiger partial charge in [-0.3, -0.25) is 4.40 Å². The molecule has 20 heavy (non-hydrogen) atoms. The van der Waals surface area contributed by atoms with Gasteiger partial charge in [0.25, 0.3) is 0 Å². The van der Waals surface area contributed by atoms with Gasteiger partial charge in [-0.05, 0) is 35.1 Å². The SMILES string of the molecule is CNCCc1c(Br)n2c3cc(OC)ccc3nc2n1C. The predicted octanol–water partition coefficient (Wildman–Crippen LogP) is 2.36. The maximum atomic E-state index is 5.31. The number of aromatic nitrogens is 3. The molecule has 0 aliphatic carbocycles. The molecule has 2 heterocycles. The van der Waals surface area contributed by atoms with E-state index in [1.165, 1.54) is 5.69 Å². The Hall–Kier alpha value is -1.53. The molecule has 0 fully saturated rings. The summed E-state index contributed by atoms with van der Waals surface area (Å²) in [4.78, 5) is 4.70. The number of nitrogens with one attached hydrogen (secondary N) is 1. The van der Waals surface area contributed by atoms with E-state index in [-0.39, 0.29) is 0 Å². The monoisotopic (exact) mass is 336 g/mol. The van der Waals surface area contributed by atoms with Crippen LogP contribution in [0.2, 0.25) is 0 Å². The number of methoxy groups -OCH3 is 1. The minimum absolute atomic E-state index is 0.840. The highest BCUT2D eigenvalue weighted by Crippen LogP contribution is 2.29. The van der Waals surface area contributed by atoms with Crippen molar-refractivity contribution in [1.29, 1.82) is 0 Å². The van der Waals surface area contributed by atoms with Gasteiger partial charge in [0.05, 0.1) is 23.8 Å². The Bertz CT molecular complexity index is 775. The lowest BCUT2D eigenvalue weighted by atomic mass is 10.3. The van der Waals surface area contributed by atoms with Gasteiger partial charge in [-0.15, -0.1) is 0 Å². The van der Waals surface area contributed by atoms with E-state index in [0.717, 1.165) is 40.1 Å². The summed E-state index contributed by atoms with van der Waals surface area (Å²) in [6.07, 6.45) is 0.947. The highest BCUT2D eigenvalue weighted by molar-refractivity contribution is 9.10. The number of nitrogens with zero attached hydrogens (tertiary/aromatic N) is 3. The Balaban J connectivity index is 2.27. The third kappa shape index (κ3) is 1.91. The normalized spacial score (nSPS) is 11.6. The summed E-state index contributed by atoms with van der Waals surface area (Å²) in [6, 6.07) is 5.94. The third-order valence-electron chi connectivity index (χ3n) is 3.60. The smallest absolute Gasteiger partial charge is 0.215 e. The van der Waals surface area contributed by atoms with E-state index in [1.807, 2.05) is 32.3 Å². The second-order valence-electron chi connectivity index (χ2n) is 4.75. The van der Waals surface area contributed by atoms with Gasteiger partial charge >= 0.3 is 0 Å². The average Bonchev–Trinajstić information content (AvgIpc) is 2.94. The highest BCUT2D eigenvalue weighted by atomic mass is 79.9. The number of benzene rings is 1. The van der Waals surface area contributed by atoms with Gasteiger partial charge in [-0.25, -0.2) is 4.98 Å². The largest absolute Gasteiger partial charge is 0.497 e. The molecule has 0 aliphatic rings. The lowest BCUT2D eigenvalue weighted by Crippen LogP contribution is -2.12. The molecule has 2 aromatic heterocycles. The summed E-state index contributed by atoms with van der Waals surface area (Å²) in [5.41, 5.74) is 3.25. The van der Waals surface area contributed by atoms with Gasteiger partial charge in [-0.2, -0.15) is 0 Å². The number of aryl methyl sites for hydroxylation is 1.